The van der Waals surface area contributed by atoms with Gasteiger partial charge in [-0.2, -0.15) is 13.2 Å². The Hall–Kier alpha value is -0.580. The van der Waals surface area contributed by atoms with Crippen molar-refractivity contribution in [3.8, 4) is 0 Å². The first-order valence-electron chi connectivity index (χ1n) is 7.97. The Balaban J connectivity index is 0.00000312. The Kier molecular flexibility index (Phi) is 7.55. The minimum Gasteiger partial charge on any atom is -0.354 e. The average Bonchev–Trinajstić information content (AvgIpc) is 3.15. The number of nitrogens with zero attached hydrogens (tertiary/aromatic N) is 1. The summed E-state index contributed by atoms with van der Waals surface area (Å²) in [6.45, 7) is 1.02. The number of amides is 1. The van der Waals surface area contributed by atoms with Crippen LogP contribution in [0.2, 0.25) is 0 Å². The van der Waals surface area contributed by atoms with Crippen molar-refractivity contribution in [3.63, 3.8) is 0 Å². The molecule has 25 heavy (non-hydrogen) atoms. The van der Waals surface area contributed by atoms with Gasteiger partial charge in [0.1, 0.15) is 15.9 Å². The van der Waals surface area contributed by atoms with Gasteiger partial charge in [0.15, 0.2) is 0 Å². The summed E-state index contributed by atoms with van der Waals surface area (Å²) in [5, 5.41) is 5.35. The molecule has 1 atom stereocenters. The van der Waals surface area contributed by atoms with E-state index in [1.807, 2.05) is 0 Å². The van der Waals surface area contributed by atoms with E-state index in [2.05, 4.69) is 10.6 Å². The highest BCUT2D eigenvalue weighted by Gasteiger charge is 2.47. The number of hydrogen-bond acceptors (Lipinski definition) is 5. The van der Waals surface area contributed by atoms with Gasteiger partial charge in [-0.1, -0.05) is 0 Å². The largest absolute Gasteiger partial charge is 0.405 e. The number of hydrogen-bond donors (Lipinski definition) is 2. The molecular weight excluding hydrogens is 383 g/mol. The third-order valence-corrected chi connectivity index (χ3v) is 5.66. The quantitative estimate of drug-likeness (QED) is 0.645. The van der Waals surface area contributed by atoms with Gasteiger partial charge in [0, 0.05) is 45.4 Å². The molecule has 11 heteroatoms. The zero-order valence-corrected chi connectivity index (χ0v) is 15.7. The maximum atomic E-state index is 13.2. The number of nitrogens with one attached hydrogen (secondary N) is 2. The van der Waals surface area contributed by atoms with E-state index in [9.17, 15) is 26.4 Å². The van der Waals surface area contributed by atoms with Crippen LogP contribution in [0.25, 0.3) is 0 Å². The molecule has 2 rings (SSSR count). The standard InChI is InChI=1S/C14H24F3N3O3S.ClH/c1-24(22,23)10-13(2-3-13)8-12(21)19-9-11(14(15,16)17)20-6-4-18-5-7-20;/h11,18H,2-10H2,1H3,(H,19,21);1H. The highest BCUT2D eigenvalue weighted by molar-refractivity contribution is 7.90. The lowest BCUT2D eigenvalue weighted by molar-refractivity contribution is -0.184. The number of halogens is 4. The van der Waals surface area contributed by atoms with Crippen molar-refractivity contribution in [2.24, 2.45) is 5.41 Å². The van der Waals surface area contributed by atoms with E-state index in [0.717, 1.165) is 6.26 Å². The molecule has 1 aliphatic carbocycles. The SMILES string of the molecule is CS(=O)(=O)CC1(CC(=O)NCC(N2CCNCC2)C(F)(F)F)CC1.Cl. The normalized spacial score (nSPS) is 21.9. The van der Waals surface area contributed by atoms with Crippen molar-refractivity contribution < 1.29 is 26.4 Å². The lowest BCUT2D eigenvalue weighted by Gasteiger charge is -2.36. The molecule has 0 spiro atoms. The van der Waals surface area contributed by atoms with Crippen LogP contribution in [0, 0.1) is 5.41 Å². The van der Waals surface area contributed by atoms with Crippen molar-refractivity contribution in [2.45, 2.75) is 31.5 Å². The summed E-state index contributed by atoms with van der Waals surface area (Å²) < 4.78 is 62.5. The van der Waals surface area contributed by atoms with Gasteiger partial charge in [0.05, 0.1) is 5.75 Å². The molecule has 1 heterocycles. The van der Waals surface area contributed by atoms with Gasteiger partial charge in [-0.3, -0.25) is 9.69 Å². The Bertz CT molecular complexity index is 561. The second-order valence-electron chi connectivity index (χ2n) is 6.89. The Morgan fingerprint density at radius 3 is 2.28 bits per heavy atom. The summed E-state index contributed by atoms with van der Waals surface area (Å²) in [5.74, 6) is -0.603. The number of rotatable bonds is 7. The lowest BCUT2D eigenvalue weighted by Crippen LogP contribution is -2.57. The third kappa shape index (κ3) is 7.28. The molecule has 1 unspecified atom stereocenters. The molecule has 1 amide bonds. The number of sulfone groups is 1. The molecule has 0 aromatic heterocycles. The van der Waals surface area contributed by atoms with Gasteiger partial charge >= 0.3 is 6.18 Å². The van der Waals surface area contributed by atoms with Crippen molar-refractivity contribution in [1.29, 1.82) is 0 Å². The highest BCUT2D eigenvalue weighted by atomic mass is 35.5. The fourth-order valence-corrected chi connectivity index (χ4v) is 4.67. The van der Waals surface area contributed by atoms with E-state index >= 15 is 0 Å². The summed E-state index contributed by atoms with van der Waals surface area (Å²) >= 11 is 0. The van der Waals surface area contributed by atoms with E-state index in [4.69, 9.17) is 0 Å². The van der Waals surface area contributed by atoms with Gasteiger partial charge in [-0.05, 0) is 18.3 Å². The van der Waals surface area contributed by atoms with E-state index in [-0.39, 0.29) is 37.7 Å². The molecule has 2 N–H and O–H groups in total. The minimum absolute atomic E-state index is 0. The van der Waals surface area contributed by atoms with Crippen LogP contribution in [-0.4, -0.2) is 76.2 Å². The molecular formula is C14H25ClF3N3O3S. The molecule has 2 fully saturated rings. The van der Waals surface area contributed by atoms with Crippen LogP contribution >= 0.6 is 12.4 Å². The molecule has 0 bridgehead atoms. The van der Waals surface area contributed by atoms with E-state index in [1.165, 1.54) is 4.90 Å². The Morgan fingerprint density at radius 1 is 1.28 bits per heavy atom. The minimum atomic E-state index is -4.42. The van der Waals surface area contributed by atoms with Crippen LogP contribution in [0.5, 0.6) is 0 Å². The third-order valence-electron chi connectivity index (χ3n) is 4.52. The first-order valence-corrected chi connectivity index (χ1v) is 10.0. The monoisotopic (exact) mass is 407 g/mol. The average molecular weight is 408 g/mol. The maximum absolute atomic E-state index is 13.2. The zero-order chi connectivity index (χ0) is 18.0. The van der Waals surface area contributed by atoms with Crippen LogP contribution in [0.3, 0.4) is 0 Å². The molecule has 0 aromatic rings. The van der Waals surface area contributed by atoms with Crippen molar-refractivity contribution in [2.75, 3.05) is 44.7 Å². The fraction of sp³-hybridized carbons (Fsp3) is 0.929. The van der Waals surface area contributed by atoms with Crippen LogP contribution in [-0.2, 0) is 14.6 Å². The highest BCUT2D eigenvalue weighted by Crippen LogP contribution is 2.49. The van der Waals surface area contributed by atoms with Gasteiger partial charge in [0.25, 0.3) is 0 Å². The zero-order valence-electron chi connectivity index (χ0n) is 14.1. The maximum Gasteiger partial charge on any atom is 0.405 e. The smallest absolute Gasteiger partial charge is 0.354 e. The van der Waals surface area contributed by atoms with E-state index in [1.54, 1.807) is 0 Å². The van der Waals surface area contributed by atoms with Crippen molar-refractivity contribution in [1.82, 2.24) is 15.5 Å². The van der Waals surface area contributed by atoms with E-state index < -0.39 is 39.9 Å². The topological polar surface area (TPSA) is 78.5 Å². The van der Waals surface area contributed by atoms with Gasteiger partial charge < -0.3 is 10.6 Å². The Labute approximate surface area is 152 Å². The number of carbonyl (C=O) groups excluding carboxylic acids is 1. The van der Waals surface area contributed by atoms with E-state index in [0.29, 0.717) is 25.9 Å². The first kappa shape index (κ1) is 22.5. The van der Waals surface area contributed by atoms with Crippen LogP contribution in [0.1, 0.15) is 19.3 Å². The molecule has 1 saturated carbocycles. The molecule has 1 aliphatic heterocycles. The number of carbonyl (C=O) groups is 1. The van der Waals surface area contributed by atoms with Crippen molar-refractivity contribution >= 4 is 28.2 Å². The second-order valence-corrected chi connectivity index (χ2v) is 9.03. The summed E-state index contributed by atoms with van der Waals surface area (Å²) in [7, 11) is -3.21. The van der Waals surface area contributed by atoms with Gasteiger partial charge in [-0.15, -0.1) is 12.4 Å². The molecule has 2 aliphatic rings. The molecule has 0 aromatic carbocycles. The van der Waals surface area contributed by atoms with Crippen molar-refractivity contribution in [3.05, 3.63) is 0 Å². The molecule has 6 nitrogen and oxygen atoms in total. The molecule has 1 saturated heterocycles. The van der Waals surface area contributed by atoms with Crippen LogP contribution in [0.4, 0.5) is 13.2 Å². The lowest BCUT2D eigenvalue weighted by atomic mass is 10.0. The summed E-state index contributed by atoms with van der Waals surface area (Å²) in [6.07, 6.45) is -2.11. The predicted molar refractivity (Wildman–Crippen MR) is 90.5 cm³/mol. The summed E-state index contributed by atoms with van der Waals surface area (Å²) in [5.41, 5.74) is -0.583. The van der Waals surface area contributed by atoms with Crippen LogP contribution < -0.4 is 10.6 Å². The molecule has 0 radical (unpaired) electrons. The number of piperazine rings is 1. The second kappa shape index (κ2) is 8.41. The fourth-order valence-electron chi connectivity index (χ4n) is 3.16. The predicted octanol–water partition coefficient (Wildman–Crippen LogP) is 0.575. The number of alkyl halides is 3. The van der Waals surface area contributed by atoms with Gasteiger partial charge in [0.2, 0.25) is 5.91 Å². The van der Waals surface area contributed by atoms with Crippen LogP contribution in [0.15, 0.2) is 0 Å². The molecule has 148 valence electrons. The summed E-state index contributed by atoms with van der Waals surface area (Å²) in [4.78, 5) is 13.3. The summed E-state index contributed by atoms with van der Waals surface area (Å²) in [6, 6.07) is -1.71. The Morgan fingerprint density at radius 2 is 1.84 bits per heavy atom. The first-order chi connectivity index (χ1) is 11.0. The van der Waals surface area contributed by atoms with Gasteiger partial charge in [-0.25, -0.2) is 8.42 Å².